The lowest BCUT2D eigenvalue weighted by atomic mass is 10.0. The molecule has 1 heterocycles. The predicted octanol–water partition coefficient (Wildman–Crippen LogP) is 1.76. The first-order valence-electron chi connectivity index (χ1n) is 6.71. The minimum absolute atomic E-state index is 0.199. The number of nitrogens with zero attached hydrogens (tertiary/aromatic N) is 2. The van der Waals surface area contributed by atoms with Gasteiger partial charge in [0.05, 0.1) is 0 Å². The molecule has 6 nitrogen and oxygen atoms in total. The van der Waals surface area contributed by atoms with Crippen LogP contribution in [0, 0.1) is 0 Å². The Hall–Kier alpha value is -2.89. The molecule has 0 unspecified atom stereocenters. The Morgan fingerprint density at radius 3 is 2.68 bits per heavy atom. The lowest BCUT2D eigenvalue weighted by Gasteiger charge is -2.11. The number of hydrogen-bond acceptors (Lipinski definition) is 5. The Balaban J connectivity index is 2.26. The molecule has 22 heavy (non-hydrogen) atoms. The van der Waals surface area contributed by atoms with Crippen LogP contribution in [0.1, 0.15) is 11.1 Å². The van der Waals surface area contributed by atoms with Gasteiger partial charge < -0.3 is 14.9 Å². The van der Waals surface area contributed by atoms with Crippen molar-refractivity contribution in [1.29, 1.82) is 0 Å². The zero-order chi connectivity index (χ0) is 15.8. The lowest BCUT2D eigenvalue weighted by molar-refractivity contribution is -0.114. The summed E-state index contributed by atoms with van der Waals surface area (Å²) in [5.41, 5.74) is 1.66. The molecule has 0 saturated carbocycles. The number of benzene rings is 1. The van der Waals surface area contributed by atoms with Gasteiger partial charge >= 0.3 is 0 Å². The van der Waals surface area contributed by atoms with Crippen molar-refractivity contribution in [1.82, 2.24) is 10.3 Å². The van der Waals surface area contributed by atoms with E-state index in [2.05, 4.69) is 15.5 Å². The van der Waals surface area contributed by atoms with Crippen molar-refractivity contribution in [3.05, 3.63) is 59.8 Å². The maximum Gasteiger partial charge on any atom is 0.273 e. The summed E-state index contributed by atoms with van der Waals surface area (Å²) >= 11 is 0. The second-order valence-electron chi connectivity index (χ2n) is 4.32. The normalized spacial score (nSPS) is 10.9. The SMILES string of the molecule is CNC(=O)C(=NOC)c1ccccc1COc1ccccn1. The molecule has 0 saturated heterocycles. The van der Waals surface area contributed by atoms with Crippen molar-refractivity contribution in [2.45, 2.75) is 6.61 Å². The molecule has 1 amide bonds. The topological polar surface area (TPSA) is 72.8 Å². The van der Waals surface area contributed by atoms with Gasteiger partial charge in [0.1, 0.15) is 13.7 Å². The second-order valence-corrected chi connectivity index (χ2v) is 4.32. The van der Waals surface area contributed by atoms with Crippen LogP contribution < -0.4 is 10.1 Å². The highest BCUT2D eigenvalue weighted by Gasteiger charge is 2.17. The van der Waals surface area contributed by atoms with E-state index in [9.17, 15) is 4.79 Å². The van der Waals surface area contributed by atoms with E-state index >= 15 is 0 Å². The van der Waals surface area contributed by atoms with Crippen LogP contribution in [0.25, 0.3) is 0 Å². The molecule has 114 valence electrons. The molecule has 0 radical (unpaired) electrons. The van der Waals surface area contributed by atoms with Crippen LogP contribution in [0.15, 0.2) is 53.8 Å². The quantitative estimate of drug-likeness (QED) is 0.651. The number of carbonyl (C=O) groups is 1. The van der Waals surface area contributed by atoms with Gasteiger partial charge in [0.2, 0.25) is 5.88 Å². The largest absolute Gasteiger partial charge is 0.473 e. The minimum atomic E-state index is -0.327. The molecule has 0 bridgehead atoms. The fraction of sp³-hybridized carbons (Fsp3) is 0.188. The van der Waals surface area contributed by atoms with Crippen LogP contribution in [0.4, 0.5) is 0 Å². The molecule has 0 aliphatic heterocycles. The van der Waals surface area contributed by atoms with E-state index in [1.54, 1.807) is 25.4 Å². The summed E-state index contributed by atoms with van der Waals surface area (Å²) in [6.07, 6.45) is 1.66. The third-order valence-corrected chi connectivity index (χ3v) is 2.91. The van der Waals surface area contributed by atoms with Gasteiger partial charge in [-0.15, -0.1) is 0 Å². The molecular weight excluding hydrogens is 282 g/mol. The van der Waals surface area contributed by atoms with Gasteiger partial charge in [-0.1, -0.05) is 35.5 Å². The molecule has 2 aromatic rings. The van der Waals surface area contributed by atoms with E-state index < -0.39 is 0 Å². The van der Waals surface area contributed by atoms with E-state index in [0.29, 0.717) is 11.4 Å². The number of likely N-dealkylation sites (N-methyl/N-ethyl adjacent to an activating group) is 1. The Kier molecular flexibility index (Phi) is 5.48. The predicted molar refractivity (Wildman–Crippen MR) is 82.6 cm³/mol. The molecule has 0 atom stereocenters. The average Bonchev–Trinajstić information content (AvgIpc) is 2.58. The van der Waals surface area contributed by atoms with Crippen LogP contribution >= 0.6 is 0 Å². The van der Waals surface area contributed by atoms with Crippen molar-refractivity contribution >= 4 is 11.6 Å². The standard InChI is InChI=1S/C16H17N3O3/c1-17-16(20)15(19-21-2)13-8-4-3-7-12(13)11-22-14-9-5-6-10-18-14/h3-10H,11H2,1-2H3,(H,17,20). The molecule has 1 aromatic carbocycles. The fourth-order valence-corrected chi connectivity index (χ4v) is 1.88. The third kappa shape index (κ3) is 3.82. The van der Waals surface area contributed by atoms with Crippen LogP contribution in [-0.2, 0) is 16.2 Å². The van der Waals surface area contributed by atoms with Crippen molar-refractivity contribution in [3.63, 3.8) is 0 Å². The Labute approximate surface area is 128 Å². The molecule has 6 heteroatoms. The molecule has 2 rings (SSSR count). The Morgan fingerprint density at radius 2 is 2.00 bits per heavy atom. The number of oxime groups is 1. The van der Waals surface area contributed by atoms with Gasteiger partial charge in [-0.2, -0.15) is 0 Å². The smallest absolute Gasteiger partial charge is 0.273 e. The van der Waals surface area contributed by atoms with E-state index in [4.69, 9.17) is 9.57 Å². The zero-order valence-corrected chi connectivity index (χ0v) is 12.4. The maximum absolute atomic E-state index is 12.0. The first-order chi connectivity index (χ1) is 10.8. The van der Waals surface area contributed by atoms with Gasteiger partial charge in [-0.25, -0.2) is 4.98 Å². The maximum atomic E-state index is 12.0. The zero-order valence-electron chi connectivity index (χ0n) is 12.4. The van der Waals surface area contributed by atoms with Crippen LogP contribution in [-0.4, -0.2) is 30.8 Å². The van der Waals surface area contributed by atoms with Crippen LogP contribution in [0.2, 0.25) is 0 Å². The van der Waals surface area contributed by atoms with Gasteiger partial charge in [0, 0.05) is 24.9 Å². The summed E-state index contributed by atoms with van der Waals surface area (Å²) in [5, 5.41) is 6.36. The highest BCUT2D eigenvalue weighted by molar-refractivity contribution is 6.45. The number of pyridine rings is 1. The summed E-state index contributed by atoms with van der Waals surface area (Å²) < 4.78 is 5.64. The van der Waals surface area contributed by atoms with Crippen molar-refractivity contribution < 1.29 is 14.4 Å². The Morgan fingerprint density at radius 1 is 1.23 bits per heavy atom. The molecule has 1 aromatic heterocycles. The summed E-state index contributed by atoms with van der Waals surface area (Å²) in [5.74, 6) is 0.189. The summed E-state index contributed by atoms with van der Waals surface area (Å²) in [6.45, 7) is 0.271. The minimum Gasteiger partial charge on any atom is -0.473 e. The molecule has 0 aliphatic carbocycles. The van der Waals surface area contributed by atoms with Crippen LogP contribution in [0.3, 0.4) is 0 Å². The average molecular weight is 299 g/mol. The van der Waals surface area contributed by atoms with Gasteiger partial charge in [0.15, 0.2) is 5.71 Å². The van der Waals surface area contributed by atoms with E-state index in [1.165, 1.54) is 7.11 Å². The summed E-state index contributed by atoms with van der Waals surface area (Å²) in [6, 6.07) is 12.8. The molecule has 0 fully saturated rings. The van der Waals surface area contributed by atoms with E-state index in [0.717, 1.165) is 5.56 Å². The van der Waals surface area contributed by atoms with Gasteiger partial charge in [-0.05, 0) is 11.6 Å². The fourth-order valence-electron chi connectivity index (χ4n) is 1.88. The molecule has 0 spiro atoms. The summed E-state index contributed by atoms with van der Waals surface area (Å²) in [7, 11) is 2.94. The summed E-state index contributed by atoms with van der Waals surface area (Å²) in [4.78, 5) is 20.8. The monoisotopic (exact) mass is 299 g/mol. The Bertz CT molecular complexity index is 657. The second kappa shape index (κ2) is 7.78. The number of amides is 1. The van der Waals surface area contributed by atoms with Crippen LogP contribution in [0.5, 0.6) is 5.88 Å². The van der Waals surface area contributed by atoms with Gasteiger partial charge in [0.25, 0.3) is 5.91 Å². The van der Waals surface area contributed by atoms with Crippen molar-refractivity contribution in [2.24, 2.45) is 5.16 Å². The number of aromatic nitrogens is 1. The molecular formula is C16H17N3O3. The van der Waals surface area contributed by atoms with Crippen molar-refractivity contribution in [3.8, 4) is 5.88 Å². The third-order valence-electron chi connectivity index (χ3n) is 2.91. The van der Waals surface area contributed by atoms with E-state index in [-0.39, 0.29) is 18.2 Å². The van der Waals surface area contributed by atoms with E-state index in [1.807, 2.05) is 30.3 Å². The molecule has 0 aliphatic rings. The first kappa shape index (κ1) is 15.5. The highest BCUT2D eigenvalue weighted by atomic mass is 16.6. The number of rotatable bonds is 6. The number of ether oxygens (including phenoxy) is 1. The highest BCUT2D eigenvalue weighted by Crippen LogP contribution is 2.14. The van der Waals surface area contributed by atoms with Crippen molar-refractivity contribution in [2.75, 3.05) is 14.2 Å². The number of hydrogen-bond donors (Lipinski definition) is 1. The first-order valence-corrected chi connectivity index (χ1v) is 6.71. The number of carbonyl (C=O) groups excluding carboxylic acids is 1. The molecule has 1 N–H and O–H groups in total. The number of nitrogens with one attached hydrogen (secondary N) is 1. The lowest BCUT2D eigenvalue weighted by Crippen LogP contribution is -2.29. The van der Waals surface area contributed by atoms with Gasteiger partial charge in [-0.3, -0.25) is 4.79 Å².